The summed E-state index contributed by atoms with van der Waals surface area (Å²) < 4.78 is 15.9. The van der Waals surface area contributed by atoms with Crippen molar-refractivity contribution in [2.75, 3.05) is 12.8 Å². The van der Waals surface area contributed by atoms with Gasteiger partial charge in [0.2, 0.25) is 5.75 Å². The van der Waals surface area contributed by atoms with E-state index < -0.39 is 5.63 Å². The lowest BCUT2D eigenvalue weighted by molar-refractivity contribution is 0.307. The molecule has 0 radical (unpaired) electrons. The summed E-state index contributed by atoms with van der Waals surface area (Å²) in [4.78, 5) is 11.7. The van der Waals surface area contributed by atoms with E-state index in [2.05, 4.69) is 0 Å². The molecule has 3 aromatic rings. The molecular formula is C17H15NO4. The van der Waals surface area contributed by atoms with Crippen molar-refractivity contribution in [3.63, 3.8) is 0 Å². The Bertz CT molecular complexity index is 856. The molecule has 0 spiro atoms. The van der Waals surface area contributed by atoms with Gasteiger partial charge >= 0.3 is 5.63 Å². The SMILES string of the molecule is COc1cc2cc(N)c(OCc3ccccc3)cc2oc1=O. The molecule has 0 aliphatic heterocycles. The van der Waals surface area contributed by atoms with E-state index in [1.54, 1.807) is 18.2 Å². The van der Waals surface area contributed by atoms with Crippen molar-refractivity contribution in [1.29, 1.82) is 0 Å². The first-order chi connectivity index (χ1) is 10.7. The average molecular weight is 297 g/mol. The lowest BCUT2D eigenvalue weighted by Gasteiger charge is -2.10. The molecule has 1 heterocycles. The van der Waals surface area contributed by atoms with Crippen LogP contribution in [0.5, 0.6) is 11.5 Å². The molecule has 0 saturated carbocycles. The minimum atomic E-state index is -0.534. The molecule has 1 aromatic heterocycles. The fourth-order valence-corrected chi connectivity index (χ4v) is 2.15. The fourth-order valence-electron chi connectivity index (χ4n) is 2.15. The highest BCUT2D eigenvalue weighted by Gasteiger charge is 2.09. The van der Waals surface area contributed by atoms with E-state index in [1.165, 1.54) is 7.11 Å². The second-order valence-electron chi connectivity index (χ2n) is 4.80. The van der Waals surface area contributed by atoms with Gasteiger partial charge < -0.3 is 19.6 Å². The minimum absolute atomic E-state index is 0.143. The van der Waals surface area contributed by atoms with Gasteiger partial charge in [0.15, 0.2) is 0 Å². The van der Waals surface area contributed by atoms with E-state index in [4.69, 9.17) is 19.6 Å². The monoisotopic (exact) mass is 297 g/mol. The zero-order valence-corrected chi connectivity index (χ0v) is 12.0. The Hall–Kier alpha value is -2.95. The van der Waals surface area contributed by atoms with Gasteiger partial charge in [-0.25, -0.2) is 4.79 Å². The first-order valence-electron chi connectivity index (χ1n) is 6.75. The third kappa shape index (κ3) is 2.74. The van der Waals surface area contributed by atoms with Gasteiger partial charge in [0.1, 0.15) is 17.9 Å². The molecule has 3 rings (SSSR count). The van der Waals surface area contributed by atoms with Crippen LogP contribution in [0.15, 0.2) is 57.7 Å². The van der Waals surface area contributed by atoms with Crippen molar-refractivity contribution in [3.05, 3.63) is 64.5 Å². The topological polar surface area (TPSA) is 74.7 Å². The molecule has 0 amide bonds. The predicted molar refractivity (Wildman–Crippen MR) is 84.2 cm³/mol. The van der Waals surface area contributed by atoms with Gasteiger partial charge in [-0.15, -0.1) is 0 Å². The summed E-state index contributed by atoms with van der Waals surface area (Å²) in [7, 11) is 1.42. The van der Waals surface area contributed by atoms with Gasteiger partial charge in [0.25, 0.3) is 0 Å². The number of fused-ring (bicyclic) bond motifs is 1. The zero-order chi connectivity index (χ0) is 15.5. The van der Waals surface area contributed by atoms with Crippen LogP contribution in [0, 0.1) is 0 Å². The number of benzene rings is 2. The molecular weight excluding hydrogens is 282 g/mol. The first-order valence-corrected chi connectivity index (χ1v) is 6.75. The summed E-state index contributed by atoms with van der Waals surface area (Å²) in [6, 6.07) is 14.6. The molecule has 0 saturated heterocycles. The van der Waals surface area contributed by atoms with Crippen LogP contribution in [0.1, 0.15) is 5.56 Å². The molecule has 22 heavy (non-hydrogen) atoms. The maximum absolute atomic E-state index is 11.7. The van der Waals surface area contributed by atoms with Crippen LogP contribution in [-0.2, 0) is 6.61 Å². The number of nitrogens with two attached hydrogens (primary N) is 1. The Morgan fingerprint density at radius 1 is 1.09 bits per heavy atom. The van der Waals surface area contributed by atoms with Crippen molar-refractivity contribution in [1.82, 2.24) is 0 Å². The van der Waals surface area contributed by atoms with Crippen LogP contribution in [0.4, 0.5) is 5.69 Å². The molecule has 0 atom stereocenters. The number of hydrogen-bond acceptors (Lipinski definition) is 5. The zero-order valence-electron chi connectivity index (χ0n) is 12.0. The van der Waals surface area contributed by atoms with Crippen LogP contribution >= 0.6 is 0 Å². The Morgan fingerprint density at radius 3 is 2.59 bits per heavy atom. The second-order valence-corrected chi connectivity index (χ2v) is 4.80. The van der Waals surface area contributed by atoms with Crippen LogP contribution in [0.3, 0.4) is 0 Å². The highest BCUT2D eigenvalue weighted by atomic mass is 16.5. The van der Waals surface area contributed by atoms with Crippen LogP contribution in [0.25, 0.3) is 11.0 Å². The Labute approximate surface area is 126 Å². The fraction of sp³-hybridized carbons (Fsp3) is 0.118. The summed E-state index contributed by atoms with van der Waals surface area (Å²) in [5, 5.41) is 0.681. The quantitative estimate of drug-likeness (QED) is 0.592. The molecule has 5 nitrogen and oxygen atoms in total. The summed E-state index contributed by atoms with van der Waals surface area (Å²) in [6.45, 7) is 0.386. The van der Waals surface area contributed by atoms with E-state index in [0.29, 0.717) is 29.0 Å². The van der Waals surface area contributed by atoms with Gasteiger partial charge in [0.05, 0.1) is 12.8 Å². The lowest BCUT2D eigenvalue weighted by Crippen LogP contribution is -2.04. The van der Waals surface area contributed by atoms with Crippen molar-refractivity contribution in [3.8, 4) is 11.5 Å². The maximum atomic E-state index is 11.7. The number of hydrogen-bond donors (Lipinski definition) is 1. The molecule has 0 fully saturated rings. The van der Waals surface area contributed by atoms with Crippen molar-refractivity contribution in [2.45, 2.75) is 6.61 Å². The largest absolute Gasteiger partial charge is 0.490 e. The van der Waals surface area contributed by atoms with Crippen molar-refractivity contribution >= 4 is 16.7 Å². The van der Waals surface area contributed by atoms with Crippen molar-refractivity contribution in [2.24, 2.45) is 0 Å². The number of rotatable bonds is 4. The van der Waals surface area contributed by atoms with E-state index in [-0.39, 0.29) is 5.75 Å². The molecule has 2 N–H and O–H groups in total. The standard InChI is InChI=1S/C17H15NO4/c1-20-16-8-12-7-13(18)15(9-14(12)22-17(16)19)21-10-11-5-3-2-4-6-11/h2-9H,10,18H2,1H3. The van der Waals surface area contributed by atoms with E-state index in [9.17, 15) is 4.79 Å². The van der Waals surface area contributed by atoms with Crippen LogP contribution in [-0.4, -0.2) is 7.11 Å². The molecule has 112 valence electrons. The smallest absolute Gasteiger partial charge is 0.379 e. The van der Waals surface area contributed by atoms with Crippen molar-refractivity contribution < 1.29 is 13.9 Å². The third-order valence-electron chi connectivity index (χ3n) is 3.29. The van der Waals surface area contributed by atoms with Gasteiger partial charge in [-0.1, -0.05) is 30.3 Å². The molecule has 0 unspecified atom stereocenters. The normalized spacial score (nSPS) is 10.6. The highest BCUT2D eigenvalue weighted by Crippen LogP contribution is 2.29. The summed E-state index contributed by atoms with van der Waals surface area (Å²) >= 11 is 0. The average Bonchev–Trinajstić information content (AvgIpc) is 2.54. The predicted octanol–water partition coefficient (Wildman–Crippen LogP) is 2.96. The minimum Gasteiger partial charge on any atom is -0.490 e. The Balaban J connectivity index is 1.93. The molecule has 0 bridgehead atoms. The second kappa shape index (κ2) is 5.81. The summed E-state index contributed by atoms with van der Waals surface area (Å²) in [6.07, 6.45) is 0. The Morgan fingerprint density at radius 2 is 1.86 bits per heavy atom. The first kappa shape index (κ1) is 14.0. The molecule has 0 aliphatic carbocycles. The lowest BCUT2D eigenvalue weighted by atomic mass is 10.2. The summed E-state index contributed by atoms with van der Waals surface area (Å²) in [5.74, 6) is 0.620. The van der Waals surface area contributed by atoms with Crippen LogP contribution < -0.4 is 20.8 Å². The summed E-state index contributed by atoms with van der Waals surface area (Å²) in [5.41, 5.74) is 7.36. The molecule has 5 heteroatoms. The molecule has 0 aliphatic rings. The van der Waals surface area contributed by atoms with E-state index in [0.717, 1.165) is 5.56 Å². The van der Waals surface area contributed by atoms with Gasteiger partial charge in [-0.2, -0.15) is 0 Å². The van der Waals surface area contributed by atoms with E-state index in [1.807, 2.05) is 30.3 Å². The van der Waals surface area contributed by atoms with Gasteiger partial charge in [-0.05, 0) is 17.7 Å². The Kier molecular flexibility index (Phi) is 3.70. The van der Waals surface area contributed by atoms with Crippen LogP contribution in [0.2, 0.25) is 0 Å². The van der Waals surface area contributed by atoms with Gasteiger partial charge in [-0.3, -0.25) is 0 Å². The number of nitrogen functional groups attached to an aromatic ring is 1. The third-order valence-corrected chi connectivity index (χ3v) is 3.29. The number of methoxy groups -OCH3 is 1. The number of anilines is 1. The van der Waals surface area contributed by atoms with E-state index >= 15 is 0 Å². The number of ether oxygens (including phenoxy) is 2. The molecule has 2 aromatic carbocycles. The van der Waals surface area contributed by atoms with Gasteiger partial charge in [0, 0.05) is 11.5 Å². The highest BCUT2D eigenvalue weighted by molar-refractivity contribution is 5.84. The maximum Gasteiger partial charge on any atom is 0.379 e.